The van der Waals surface area contributed by atoms with Crippen LogP contribution < -0.4 is 9.47 Å². The van der Waals surface area contributed by atoms with Crippen LogP contribution in [0.4, 0.5) is 17.6 Å². The van der Waals surface area contributed by atoms with Crippen molar-refractivity contribution in [1.29, 1.82) is 0 Å². The third-order valence-corrected chi connectivity index (χ3v) is 8.18. The molecule has 0 radical (unpaired) electrons. The summed E-state index contributed by atoms with van der Waals surface area (Å²) in [6.45, 7) is 4.41. The second kappa shape index (κ2) is 36.2. The molecule has 0 aliphatic carbocycles. The molecule has 0 amide bonds. The van der Waals surface area contributed by atoms with E-state index in [-0.39, 0.29) is 46.1 Å². The van der Waals surface area contributed by atoms with E-state index in [1.165, 1.54) is 77.0 Å². The molecule has 0 aliphatic rings. The van der Waals surface area contributed by atoms with Crippen molar-refractivity contribution >= 4 is 11.9 Å². The van der Waals surface area contributed by atoms with E-state index in [4.69, 9.17) is 9.47 Å². The Bertz CT molecular complexity index is 1300. The molecule has 4 nitrogen and oxygen atoms in total. The molecule has 0 bridgehead atoms. The second-order valence-corrected chi connectivity index (χ2v) is 13.0. The van der Waals surface area contributed by atoms with Crippen molar-refractivity contribution in [2.45, 2.75) is 142 Å². The molecule has 0 atom stereocenters. The Labute approximate surface area is 343 Å². The molecule has 4 aromatic carbocycles. The van der Waals surface area contributed by atoms with Crippen LogP contribution in [0.15, 0.2) is 84.9 Å². The zero-order valence-corrected chi connectivity index (χ0v) is 34.4. The standard InChI is InChI=1S/2C18H25F2O2.2C5H5.Ti/c2*1-2-3-4-5-6-7-8-9-10-11-18(21)22-17-13-12-15(19)14-16(17)20;2*1-2-4-5-3-1;/h2*12-13H,2-11H2,1H3;2*1-5H;/q4*-1;+4. The summed E-state index contributed by atoms with van der Waals surface area (Å²) in [5.74, 6) is -5.05. The molecule has 0 unspecified atom stereocenters. The van der Waals surface area contributed by atoms with Gasteiger partial charge in [0.25, 0.3) is 11.9 Å². The first-order valence-corrected chi connectivity index (χ1v) is 19.8. The first-order valence-electron chi connectivity index (χ1n) is 19.8. The quantitative estimate of drug-likeness (QED) is 0.0198. The molecule has 0 aromatic heterocycles. The van der Waals surface area contributed by atoms with Gasteiger partial charge < -0.3 is 9.47 Å². The molecule has 4 rings (SSSR count). The molecule has 0 aliphatic heterocycles. The van der Waals surface area contributed by atoms with E-state index < -0.39 is 35.2 Å². The van der Waals surface area contributed by atoms with Crippen LogP contribution in [0.25, 0.3) is 0 Å². The normalized spacial score (nSPS) is 10.0. The Morgan fingerprint density at radius 1 is 0.491 bits per heavy atom. The van der Waals surface area contributed by atoms with Crippen LogP contribution in [-0.2, 0) is 31.3 Å². The van der Waals surface area contributed by atoms with E-state index in [0.717, 1.165) is 62.8 Å². The molecule has 0 heterocycles. The maximum Gasteiger partial charge on any atom is 4.00 e. The van der Waals surface area contributed by atoms with Crippen molar-refractivity contribution in [3.63, 3.8) is 0 Å². The van der Waals surface area contributed by atoms with Gasteiger partial charge in [0.05, 0.1) is 23.1 Å². The predicted octanol–water partition coefficient (Wildman–Crippen LogP) is 14.0. The van der Waals surface area contributed by atoms with Gasteiger partial charge in [0.15, 0.2) is 0 Å². The Kier molecular flexibility index (Phi) is 33.9. The van der Waals surface area contributed by atoms with Crippen LogP contribution in [-0.4, -0.2) is 11.9 Å². The first-order chi connectivity index (χ1) is 26.3. The van der Waals surface area contributed by atoms with Gasteiger partial charge in [-0.25, -0.2) is 41.8 Å². The average Bonchev–Trinajstić information content (AvgIpc) is 3.94. The van der Waals surface area contributed by atoms with Crippen molar-refractivity contribution in [2.24, 2.45) is 0 Å². The van der Waals surface area contributed by atoms with Crippen LogP contribution in [0.5, 0.6) is 11.5 Å². The SMILES string of the molecule is CCCCCCCCCCCC(=O)Oc1ccc(F)[c-]c1F.CCCCCCCCCCCC(=O)Oc1ccc(F)[c-]c1F.[Ti+4].c1cc[cH-]c1.c1cc[cH-]c1. The van der Waals surface area contributed by atoms with Crippen LogP contribution >= 0.6 is 0 Å². The summed E-state index contributed by atoms with van der Waals surface area (Å²) in [4.78, 5) is 23.1. The summed E-state index contributed by atoms with van der Waals surface area (Å²) in [5, 5.41) is 0. The molecule has 0 saturated carbocycles. The Morgan fingerprint density at radius 2 is 0.782 bits per heavy atom. The van der Waals surface area contributed by atoms with Gasteiger partial charge in [0.1, 0.15) is 0 Å². The van der Waals surface area contributed by atoms with Crippen LogP contribution in [0, 0.1) is 35.4 Å². The van der Waals surface area contributed by atoms with E-state index in [1.54, 1.807) is 0 Å². The van der Waals surface area contributed by atoms with E-state index in [9.17, 15) is 27.2 Å². The summed E-state index contributed by atoms with van der Waals surface area (Å²) in [6, 6.07) is 27.9. The third-order valence-electron chi connectivity index (χ3n) is 8.18. The molecule has 55 heavy (non-hydrogen) atoms. The van der Waals surface area contributed by atoms with E-state index in [2.05, 4.69) is 13.8 Å². The van der Waals surface area contributed by atoms with Crippen molar-refractivity contribution in [2.75, 3.05) is 0 Å². The number of rotatable bonds is 22. The molecule has 9 heteroatoms. The minimum absolute atomic E-state index is 0. The number of hydrogen-bond donors (Lipinski definition) is 0. The number of esters is 2. The topological polar surface area (TPSA) is 52.6 Å². The van der Waals surface area contributed by atoms with Crippen LogP contribution in [0.3, 0.4) is 0 Å². The molecule has 0 N–H and O–H groups in total. The summed E-state index contributed by atoms with van der Waals surface area (Å²) in [5.41, 5.74) is 0. The smallest absolute Gasteiger partial charge is 0.488 e. The van der Waals surface area contributed by atoms with E-state index in [1.807, 2.05) is 72.8 Å². The minimum atomic E-state index is -0.972. The summed E-state index contributed by atoms with van der Waals surface area (Å²) in [7, 11) is 0. The maximum atomic E-state index is 13.3. The minimum Gasteiger partial charge on any atom is -0.488 e. The third kappa shape index (κ3) is 30.4. The van der Waals surface area contributed by atoms with Crippen LogP contribution in [0.2, 0.25) is 0 Å². The number of unbranched alkanes of at least 4 members (excludes halogenated alkanes) is 16. The summed E-state index contributed by atoms with van der Waals surface area (Å²) < 4.78 is 61.6. The van der Waals surface area contributed by atoms with Gasteiger partial charge in [0, 0.05) is 24.5 Å². The molecule has 300 valence electrons. The molecule has 4 aromatic rings. The van der Waals surface area contributed by atoms with Crippen molar-refractivity contribution in [3.05, 3.63) is 120 Å². The molecule has 0 fully saturated rings. The summed E-state index contributed by atoms with van der Waals surface area (Å²) in [6.07, 6.45) is 21.4. The number of ether oxygens (including phenoxy) is 2. The van der Waals surface area contributed by atoms with E-state index in [0.29, 0.717) is 0 Å². The second-order valence-electron chi connectivity index (χ2n) is 13.0. The van der Waals surface area contributed by atoms with Gasteiger partial charge in [0.2, 0.25) is 0 Å². The summed E-state index contributed by atoms with van der Waals surface area (Å²) >= 11 is 0. The van der Waals surface area contributed by atoms with E-state index >= 15 is 0 Å². The average molecular weight is 801 g/mol. The Balaban J connectivity index is 0.000000828. The zero-order valence-electron chi connectivity index (χ0n) is 32.9. The van der Waals surface area contributed by atoms with Crippen molar-refractivity contribution < 1.29 is 58.3 Å². The van der Waals surface area contributed by atoms with Gasteiger partial charge in [-0.2, -0.15) is 36.4 Å². The Morgan fingerprint density at radius 3 is 1.04 bits per heavy atom. The molecule has 0 spiro atoms. The zero-order chi connectivity index (χ0) is 39.5. The maximum absolute atomic E-state index is 13.3. The largest absolute Gasteiger partial charge is 4.00 e. The van der Waals surface area contributed by atoms with Crippen molar-refractivity contribution in [3.8, 4) is 11.5 Å². The fourth-order valence-electron chi connectivity index (χ4n) is 5.17. The van der Waals surface area contributed by atoms with Gasteiger partial charge in [-0.3, -0.25) is 9.59 Å². The first kappa shape index (κ1) is 51.5. The number of benzene rings is 2. The van der Waals surface area contributed by atoms with Gasteiger partial charge in [-0.15, -0.1) is 36.4 Å². The van der Waals surface area contributed by atoms with Crippen LogP contribution in [0.1, 0.15) is 142 Å². The van der Waals surface area contributed by atoms with Gasteiger partial charge in [-0.1, -0.05) is 117 Å². The molecule has 0 saturated heterocycles. The number of carbonyl (C=O) groups excluding carboxylic acids is 2. The van der Waals surface area contributed by atoms with Gasteiger partial charge >= 0.3 is 21.7 Å². The van der Waals surface area contributed by atoms with Gasteiger partial charge in [-0.05, 0) is 12.8 Å². The van der Waals surface area contributed by atoms with Crippen molar-refractivity contribution in [1.82, 2.24) is 0 Å². The fourth-order valence-corrected chi connectivity index (χ4v) is 5.17. The fraction of sp³-hybridized carbons (Fsp3) is 0.478. The number of hydrogen-bond acceptors (Lipinski definition) is 4. The Hall–Kier alpha value is -3.49. The number of halogens is 4. The number of carbonyl (C=O) groups is 2. The molecular weight excluding hydrogens is 740 g/mol. The predicted molar refractivity (Wildman–Crippen MR) is 209 cm³/mol. The molecular formula is C46H60F4O4Ti. The monoisotopic (exact) mass is 800 g/mol.